The minimum Gasteiger partial charge on any atom is -0.478 e. The molecule has 0 aromatic carbocycles. The molecule has 2 nitrogen and oxygen atoms in total. The third kappa shape index (κ3) is 24.9. The summed E-state index contributed by atoms with van der Waals surface area (Å²) in [7, 11) is 0. The summed E-state index contributed by atoms with van der Waals surface area (Å²) < 4.78 is 0. The van der Waals surface area contributed by atoms with E-state index in [2.05, 4.69) is 6.92 Å². The fourth-order valence-corrected chi connectivity index (χ4v) is 2.82. The molecule has 0 bridgehead atoms. The van der Waals surface area contributed by atoms with Crippen molar-refractivity contribution >= 4 is 5.97 Å². The molecule has 0 aromatic heterocycles. The zero-order valence-electron chi connectivity index (χ0n) is 15.3. The Morgan fingerprint density at radius 2 is 1.04 bits per heavy atom. The van der Waals surface area contributed by atoms with Gasteiger partial charge >= 0.3 is 5.97 Å². The first-order valence-electron chi connectivity index (χ1n) is 9.67. The number of carboxylic acid groups (broad SMARTS) is 1. The predicted octanol–water partition coefficient (Wildman–Crippen LogP) is 6.89. The van der Waals surface area contributed by atoms with Gasteiger partial charge in [0.25, 0.3) is 0 Å². The van der Waals surface area contributed by atoms with Crippen molar-refractivity contribution in [2.75, 3.05) is 0 Å². The first-order chi connectivity index (χ1) is 10.8. The molecular formula is C20H38NdO2. The van der Waals surface area contributed by atoms with Crippen molar-refractivity contribution in [2.45, 2.75) is 110 Å². The molecule has 0 atom stereocenters. The van der Waals surface area contributed by atoms with E-state index in [1.165, 1.54) is 96.0 Å². The van der Waals surface area contributed by atoms with Gasteiger partial charge in [0.15, 0.2) is 0 Å². The number of aliphatic carboxylic acids is 1. The molecule has 3 heteroatoms. The van der Waals surface area contributed by atoms with Gasteiger partial charge in [-0.1, -0.05) is 103 Å². The molecule has 0 unspecified atom stereocenters. The second kappa shape index (κ2) is 22.6. The molecule has 0 amide bonds. The third-order valence-corrected chi connectivity index (χ3v) is 4.23. The average Bonchev–Trinajstić information content (AvgIpc) is 2.50. The fourth-order valence-electron chi connectivity index (χ4n) is 2.82. The number of hydrogen-bond acceptors (Lipinski definition) is 1. The molecule has 0 saturated carbocycles. The maximum absolute atomic E-state index is 10.3. The van der Waals surface area contributed by atoms with Crippen LogP contribution < -0.4 is 0 Å². The van der Waals surface area contributed by atoms with Gasteiger partial charge < -0.3 is 5.11 Å². The van der Waals surface area contributed by atoms with Gasteiger partial charge in [-0.25, -0.2) is 4.79 Å². The van der Waals surface area contributed by atoms with Gasteiger partial charge in [0, 0.05) is 46.9 Å². The molecule has 134 valence electrons. The van der Waals surface area contributed by atoms with Crippen molar-refractivity contribution in [2.24, 2.45) is 0 Å². The van der Waals surface area contributed by atoms with E-state index in [0.29, 0.717) is 0 Å². The van der Waals surface area contributed by atoms with Crippen molar-refractivity contribution in [3.63, 3.8) is 0 Å². The van der Waals surface area contributed by atoms with E-state index in [1.807, 2.05) is 0 Å². The maximum Gasteiger partial charge on any atom is 0.327 e. The second-order valence-electron chi connectivity index (χ2n) is 6.48. The molecule has 0 spiro atoms. The molecule has 0 aliphatic rings. The van der Waals surface area contributed by atoms with Gasteiger partial charge in [-0.15, -0.1) is 0 Å². The number of carbonyl (C=O) groups is 1. The van der Waals surface area contributed by atoms with Gasteiger partial charge in [-0.05, 0) is 12.8 Å². The van der Waals surface area contributed by atoms with Crippen molar-refractivity contribution in [3.05, 3.63) is 12.2 Å². The molecule has 0 aliphatic carbocycles. The Labute approximate surface area is 177 Å². The van der Waals surface area contributed by atoms with Gasteiger partial charge in [0.05, 0.1) is 0 Å². The van der Waals surface area contributed by atoms with Crippen molar-refractivity contribution < 1.29 is 50.7 Å². The van der Waals surface area contributed by atoms with E-state index in [0.717, 1.165) is 12.8 Å². The fraction of sp³-hybridized carbons (Fsp3) is 0.850. The summed E-state index contributed by atoms with van der Waals surface area (Å²) in [6.45, 7) is 2.27. The zero-order valence-corrected chi connectivity index (χ0v) is 18.5. The van der Waals surface area contributed by atoms with Gasteiger partial charge in [0.1, 0.15) is 0 Å². The molecule has 1 N–H and O–H groups in total. The summed E-state index contributed by atoms with van der Waals surface area (Å²) in [5, 5.41) is 8.45. The second-order valence-corrected chi connectivity index (χ2v) is 6.48. The zero-order chi connectivity index (χ0) is 16.3. The van der Waals surface area contributed by atoms with Crippen LogP contribution in [0.5, 0.6) is 0 Å². The van der Waals surface area contributed by atoms with Gasteiger partial charge in [0.2, 0.25) is 0 Å². The predicted molar refractivity (Wildman–Crippen MR) is 96.3 cm³/mol. The number of unbranched alkanes of at least 4 members (excludes halogenated alkanes) is 15. The summed E-state index contributed by atoms with van der Waals surface area (Å²) in [6, 6.07) is 0. The molecule has 0 radical (unpaired) electrons. The summed E-state index contributed by atoms with van der Waals surface area (Å²) in [6.07, 6.45) is 24.5. The minimum atomic E-state index is -0.832. The van der Waals surface area contributed by atoms with E-state index >= 15 is 0 Å². The number of hydrogen-bond donors (Lipinski definition) is 1. The Morgan fingerprint density at radius 3 is 1.39 bits per heavy atom. The maximum atomic E-state index is 10.3. The van der Waals surface area contributed by atoms with Crippen molar-refractivity contribution in [1.82, 2.24) is 0 Å². The topological polar surface area (TPSA) is 37.3 Å². The van der Waals surface area contributed by atoms with Crippen molar-refractivity contribution in [1.29, 1.82) is 0 Å². The Bertz CT molecular complexity index is 264. The van der Waals surface area contributed by atoms with Crippen LogP contribution in [0.1, 0.15) is 110 Å². The monoisotopic (exact) mass is 452 g/mol. The molecular weight excluding hydrogens is 416 g/mol. The van der Waals surface area contributed by atoms with E-state index in [1.54, 1.807) is 6.08 Å². The van der Waals surface area contributed by atoms with E-state index in [4.69, 9.17) is 5.11 Å². The van der Waals surface area contributed by atoms with Crippen LogP contribution >= 0.6 is 0 Å². The quantitative estimate of drug-likeness (QED) is 0.192. The molecule has 0 aliphatic heterocycles. The number of allylic oxidation sites excluding steroid dienone is 1. The molecule has 0 heterocycles. The van der Waals surface area contributed by atoms with Crippen LogP contribution in [0.15, 0.2) is 12.2 Å². The molecule has 0 saturated heterocycles. The first kappa shape index (κ1) is 25.8. The van der Waals surface area contributed by atoms with Crippen LogP contribution in [0.25, 0.3) is 0 Å². The molecule has 0 aromatic rings. The SMILES string of the molecule is CCCCCCCCCCCCCCCCCC=CC(=O)O.[Nd]. The standard InChI is InChI=1S/C20H38O2.Nd/c1-2-3-4-5-6-7-8-9-10-11-12-13-14-15-16-17-18-19-20(21)22;/h18-19H,2-17H2,1H3,(H,21,22);. The summed E-state index contributed by atoms with van der Waals surface area (Å²) >= 11 is 0. The van der Waals surface area contributed by atoms with Crippen LogP contribution in [0.3, 0.4) is 0 Å². The summed E-state index contributed by atoms with van der Waals surface area (Å²) in [5.41, 5.74) is 0. The number of rotatable bonds is 17. The van der Waals surface area contributed by atoms with E-state index < -0.39 is 5.97 Å². The van der Waals surface area contributed by atoms with Gasteiger partial charge in [-0.3, -0.25) is 0 Å². The normalized spacial score (nSPS) is 10.8. The largest absolute Gasteiger partial charge is 0.478 e. The molecule has 0 fully saturated rings. The Balaban J connectivity index is 0. The van der Waals surface area contributed by atoms with E-state index in [9.17, 15) is 4.79 Å². The summed E-state index contributed by atoms with van der Waals surface area (Å²) in [5.74, 6) is -0.832. The Hall–Kier alpha value is 0.561. The van der Waals surface area contributed by atoms with Gasteiger partial charge in [-0.2, -0.15) is 0 Å². The Kier molecular flexibility index (Phi) is 25.3. The van der Waals surface area contributed by atoms with Crippen LogP contribution in [-0.2, 0) is 4.79 Å². The van der Waals surface area contributed by atoms with Crippen molar-refractivity contribution in [3.8, 4) is 0 Å². The summed E-state index contributed by atoms with van der Waals surface area (Å²) in [4.78, 5) is 10.3. The van der Waals surface area contributed by atoms with Crippen LogP contribution in [0.2, 0.25) is 0 Å². The smallest absolute Gasteiger partial charge is 0.327 e. The Morgan fingerprint density at radius 1 is 0.696 bits per heavy atom. The minimum absolute atomic E-state index is 0. The average molecular weight is 455 g/mol. The van der Waals surface area contributed by atoms with Crippen LogP contribution in [-0.4, -0.2) is 11.1 Å². The molecule has 23 heavy (non-hydrogen) atoms. The van der Waals surface area contributed by atoms with Crippen LogP contribution in [0, 0.1) is 40.8 Å². The third-order valence-electron chi connectivity index (χ3n) is 4.23. The first-order valence-corrected chi connectivity index (χ1v) is 9.67. The number of carboxylic acids is 1. The van der Waals surface area contributed by atoms with E-state index in [-0.39, 0.29) is 40.8 Å². The van der Waals surface area contributed by atoms with Crippen LogP contribution in [0.4, 0.5) is 0 Å². The molecule has 0 rings (SSSR count).